The van der Waals surface area contributed by atoms with Gasteiger partial charge in [0.1, 0.15) is 37.6 Å². The lowest BCUT2D eigenvalue weighted by Crippen LogP contribution is -3.22. The van der Waals surface area contributed by atoms with Gasteiger partial charge in [-0.1, -0.05) is 0 Å². The first-order valence-electron chi connectivity index (χ1n) is 10.2. The van der Waals surface area contributed by atoms with E-state index in [4.69, 9.17) is 18.9 Å². The number of piperidine rings is 1. The van der Waals surface area contributed by atoms with E-state index in [1.165, 1.54) is 31.5 Å². The van der Waals surface area contributed by atoms with Crippen molar-refractivity contribution in [1.29, 1.82) is 0 Å². The number of morpholine rings is 1. The minimum atomic E-state index is 0.380. The summed E-state index contributed by atoms with van der Waals surface area (Å²) in [5, 5.41) is 0. The molecule has 2 saturated heterocycles. The quantitative estimate of drug-likeness (QED) is 0.727. The van der Waals surface area contributed by atoms with Crippen molar-refractivity contribution in [2.75, 3.05) is 47.5 Å². The fourth-order valence-electron chi connectivity index (χ4n) is 4.76. The molecule has 1 aromatic rings. The van der Waals surface area contributed by atoms with Crippen LogP contribution in [0.3, 0.4) is 0 Å². The molecule has 3 rings (SSSR count). The SMILES string of the molecule is COc1cc(OC)c(OC)cc1C[NH+]1CCC([NH+]2C[C@@H](C)O[C@@H](C)C2)CC1. The lowest BCUT2D eigenvalue weighted by atomic mass is 10.0. The van der Waals surface area contributed by atoms with Gasteiger partial charge in [0.15, 0.2) is 11.5 Å². The Morgan fingerprint density at radius 2 is 1.44 bits per heavy atom. The molecule has 6 heteroatoms. The van der Waals surface area contributed by atoms with Gasteiger partial charge in [-0.25, -0.2) is 0 Å². The molecule has 0 saturated carbocycles. The van der Waals surface area contributed by atoms with Crippen molar-refractivity contribution in [1.82, 2.24) is 0 Å². The molecule has 0 radical (unpaired) electrons. The van der Waals surface area contributed by atoms with Gasteiger partial charge in [-0.3, -0.25) is 0 Å². The summed E-state index contributed by atoms with van der Waals surface area (Å²) in [5.74, 6) is 2.36. The van der Waals surface area contributed by atoms with Gasteiger partial charge in [0.05, 0.1) is 46.0 Å². The number of methoxy groups -OCH3 is 3. The van der Waals surface area contributed by atoms with E-state index >= 15 is 0 Å². The smallest absolute Gasteiger partial charge is 0.164 e. The molecule has 2 fully saturated rings. The Morgan fingerprint density at radius 1 is 0.889 bits per heavy atom. The Balaban J connectivity index is 1.60. The van der Waals surface area contributed by atoms with Gasteiger partial charge in [-0.05, 0) is 19.9 Å². The predicted octanol–water partition coefficient (Wildman–Crippen LogP) is -0.0482. The summed E-state index contributed by atoms with van der Waals surface area (Å²) in [6, 6.07) is 4.77. The number of quaternary nitrogens is 2. The maximum Gasteiger partial charge on any atom is 0.164 e. The lowest BCUT2D eigenvalue weighted by molar-refractivity contribution is -0.970. The molecular weight excluding hydrogens is 344 g/mol. The summed E-state index contributed by atoms with van der Waals surface area (Å²) in [6.45, 7) is 10.1. The maximum absolute atomic E-state index is 5.91. The first kappa shape index (κ1) is 20.2. The summed E-state index contributed by atoms with van der Waals surface area (Å²) in [4.78, 5) is 3.36. The van der Waals surface area contributed by atoms with E-state index in [0.717, 1.165) is 37.2 Å². The van der Waals surface area contributed by atoms with Crippen LogP contribution >= 0.6 is 0 Å². The van der Waals surface area contributed by atoms with E-state index in [2.05, 4.69) is 19.9 Å². The van der Waals surface area contributed by atoms with Gasteiger partial charge in [-0.15, -0.1) is 0 Å². The normalized spacial score (nSPS) is 31.4. The fraction of sp³-hybridized carbons (Fsp3) is 0.714. The molecular formula is C21H36N2O4+2. The monoisotopic (exact) mass is 380 g/mol. The van der Waals surface area contributed by atoms with E-state index in [1.807, 2.05) is 6.07 Å². The standard InChI is InChI=1S/C21H34N2O4/c1-15-12-23(13-16(2)27-15)18-6-8-22(9-7-18)14-17-10-20(25-4)21(26-5)11-19(17)24-3/h10-11,15-16,18H,6-9,12-14H2,1-5H3/p+2/t15-,16+. The van der Waals surface area contributed by atoms with Crippen LogP contribution < -0.4 is 24.0 Å². The lowest BCUT2D eigenvalue weighted by Gasteiger charge is -2.39. The molecule has 2 N–H and O–H groups in total. The third-order valence-corrected chi connectivity index (χ3v) is 6.06. The number of likely N-dealkylation sites (tertiary alicyclic amines) is 1. The van der Waals surface area contributed by atoms with E-state index < -0.39 is 0 Å². The average Bonchev–Trinajstić information content (AvgIpc) is 2.67. The fourth-order valence-corrected chi connectivity index (χ4v) is 4.76. The van der Waals surface area contributed by atoms with Crippen LogP contribution in [0.2, 0.25) is 0 Å². The summed E-state index contributed by atoms with van der Waals surface area (Å²) in [6.07, 6.45) is 3.31. The molecule has 3 atom stereocenters. The van der Waals surface area contributed by atoms with Gasteiger partial charge < -0.3 is 28.7 Å². The second-order valence-corrected chi connectivity index (χ2v) is 8.04. The third kappa shape index (κ3) is 4.86. The van der Waals surface area contributed by atoms with Crippen LogP contribution in [-0.4, -0.2) is 65.8 Å². The van der Waals surface area contributed by atoms with Crippen LogP contribution in [0.15, 0.2) is 12.1 Å². The molecule has 2 heterocycles. The summed E-state index contributed by atoms with van der Waals surface area (Å²) in [5.41, 5.74) is 1.18. The molecule has 0 spiro atoms. The van der Waals surface area contributed by atoms with Crippen molar-refractivity contribution in [2.24, 2.45) is 0 Å². The molecule has 0 amide bonds. The van der Waals surface area contributed by atoms with Crippen molar-refractivity contribution in [2.45, 2.75) is 51.5 Å². The Labute approximate surface area is 163 Å². The van der Waals surface area contributed by atoms with E-state index in [0.29, 0.717) is 18.0 Å². The molecule has 0 aliphatic carbocycles. The van der Waals surface area contributed by atoms with Gasteiger partial charge >= 0.3 is 0 Å². The van der Waals surface area contributed by atoms with E-state index in [-0.39, 0.29) is 0 Å². The Kier molecular flexibility index (Phi) is 6.84. The molecule has 2 aliphatic rings. The van der Waals surface area contributed by atoms with Crippen molar-refractivity contribution in [3.05, 3.63) is 17.7 Å². The summed E-state index contributed by atoms with van der Waals surface area (Å²) in [7, 11) is 5.05. The molecule has 27 heavy (non-hydrogen) atoms. The van der Waals surface area contributed by atoms with Gasteiger partial charge in [0, 0.05) is 18.9 Å². The zero-order chi connectivity index (χ0) is 19.4. The van der Waals surface area contributed by atoms with Crippen LogP contribution in [0.5, 0.6) is 17.2 Å². The largest absolute Gasteiger partial charge is 0.496 e. The highest BCUT2D eigenvalue weighted by molar-refractivity contribution is 5.50. The summed E-state index contributed by atoms with van der Waals surface area (Å²) >= 11 is 0. The van der Waals surface area contributed by atoms with Crippen molar-refractivity contribution >= 4 is 0 Å². The number of benzene rings is 1. The second kappa shape index (κ2) is 9.13. The highest BCUT2D eigenvalue weighted by Gasteiger charge is 2.35. The molecule has 1 aromatic carbocycles. The van der Waals surface area contributed by atoms with Crippen molar-refractivity contribution in [3.63, 3.8) is 0 Å². The van der Waals surface area contributed by atoms with Crippen molar-refractivity contribution in [3.8, 4) is 17.2 Å². The second-order valence-electron chi connectivity index (χ2n) is 8.04. The van der Waals surface area contributed by atoms with Crippen LogP contribution in [0, 0.1) is 0 Å². The summed E-state index contributed by atoms with van der Waals surface area (Å²) < 4.78 is 22.4. The molecule has 1 unspecified atom stereocenters. The number of hydrogen-bond donors (Lipinski definition) is 2. The maximum atomic E-state index is 5.91. The van der Waals surface area contributed by atoms with E-state index in [9.17, 15) is 0 Å². The minimum Gasteiger partial charge on any atom is -0.496 e. The highest BCUT2D eigenvalue weighted by atomic mass is 16.5. The Bertz CT molecular complexity index is 606. The molecule has 152 valence electrons. The number of nitrogens with one attached hydrogen (secondary N) is 2. The van der Waals surface area contributed by atoms with Crippen LogP contribution in [0.1, 0.15) is 32.3 Å². The predicted molar refractivity (Wildman–Crippen MR) is 104 cm³/mol. The van der Waals surface area contributed by atoms with Crippen molar-refractivity contribution < 1.29 is 28.7 Å². The van der Waals surface area contributed by atoms with E-state index in [1.54, 1.807) is 31.1 Å². The van der Waals surface area contributed by atoms with Crippen LogP contribution in [0.4, 0.5) is 0 Å². The van der Waals surface area contributed by atoms with Gasteiger partial charge in [0.25, 0.3) is 0 Å². The number of hydrogen-bond acceptors (Lipinski definition) is 4. The Hall–Kier alpha value is -1.50. The molecule has 0 bridgehead atoms. The zero-order valence-corrected chi connectivity index (χ0v) is 17.5. The van der Waals surface area contributed by atoms with Gasteiger partial charge in [0.2, 0.25) is 0 Å². The first-order chi connectivity index (χ1) is 13.0. The third-order valence-electron chi connectivity index (χ3n) is 6.06. The Morgan fingerprint density at radius 3 is 2.00 bits per heavy atom. The average molecular weight is 381 g/mol. The molecule has 6 nitrogen and oxygen atoms in total. The van der Waals surface area contributed by atoms with Crippen LogP contribution in [-0.2, 0) is 11.3 Å². The first-order valence-corrected chi connectivity index (χ1v) is 10.2. The zero-order valence-electron chi connectivity index (χ0n) is 17.5. The molecule has 0 aromatic heterocycles. The molecule has 2 aliphatic heterocycles. The number of ether oxygens (including phenoxy) is 4. The van der Waals surface area contributed by atoms with Gasteiger partial charge in [-0.2, -0.15) is 0 Å². The minimum absolute atomic E-state index is 0.380. The number of rotatable bonds is 6. The van der Waals surface area contributed by atoms with Crippen LogP contribution in [0.25, 0.3) is 0 Å². The topological polar surface area (TPSA) is 45.8 Å². The highest BCUT2D eigenvalue weighted by Crippen LogP contribution is 2.34.